The maximum absolute atomic E-state index is 12.3. The first-order valence-corrected chi connectivity index (χ1v) is 9.59. The van der Waals surface area contributed by atoms with E-state index in [4.69, 9.17) is 0 Å². The molecule has 1 atom stereocenters. The van der Waals surface area contributed by atoms with Gasteiger partial charge in [0.05, 0.1) is 10.2 Å². The Morgan fingerprint density at radius 1 is 0.889 bits per heavy atom. The summed E-state index contributed by atoms with van der Waals surface area (Å²) >= 11 is 1.68. The molecule has 0 aliphatic carbocycles. The van der Waals surface area contributed by atoms with Gasteiger partial charge in [-0.05, 0) is 55.5 Å². The number of fused-ring (bicyclic) bond motifs is 1. The second kappa shape index (κ2) is 7.60. The summed E-state index contributed by atoms with van der Waals surface area (Å²) < 4.78 is 1.18. The van der Waals surface area contributed by atoms with Gasteiger partial charge in [-0.25, -0.2) is 4.98 Å². The molecule has 4 rings (SSSR count). The van der Waals surface area contributed by atoms with Gasteiger partial charge in [-0.2, -0.15) is 0 Å². The van der Waals surface area contributed by atoms with Crippen LogP contribution in [0, 0.1) is 0 Å². The fourth-order valence-corrected chi connectivity index (χ4v) is 3.76. The maximum Gasteiger partial charge on any atom is 0.246 e. The van der Waals surface area contributed by atoms with Crippen LogP contribution >= 0.6 is 11.3 Å². The van der Waals surface area contributed by atoms with Crippen LogP contribution in [0.15, 0.2) is 78.9 Å². The van der Waals surface area contributed by atoms with Gasteiger partial charge in [0.2, 0.25) is 5.91 Å². The molecular formula is C22H19N3OS. The summed E-state index contributed by atoms with van der Waals surface area (Å²) in [6.07, 6.45) is 0. The lowest BCUT2D eigenvalue weighted by atomic mass is 10.2. The Balaban J connectivity index is 1.43. The van der Waals surface area contributed by atoms with E-state index >= 15 is 0 Å². The van der Waals surface area contributed by atoms with E-state index in [1.807, 2.05) is 79.7 Å². The molecule has 0 saturated heterocycles. The van der Waals surface area contributed by atoms with Gasteiger partial charge < -0.3 is 10.6 Å². The molecule has 4 nitrogen and oxygen atoms in total. The lowest BCUT2D eigenvalue weighted by Gasteiger charge is -2.15. The second-order valence-corrected chi connectivity index (χ2v) is 7.32. The molecule has 0 unspecified atom stereocenters. The number of carbonyl (C=O) groups is 1. The van der Waals surface area contributed by atoms with Crippen molar-refractivity contribution in [3.05, 3.63) is 78.9 Å². The van der Waals surface area contributed by atoms with Crippen molar-refractivity contribution in [2.24, 2.45) is 0 Å². The molecule has 5 heteroatoms. The number of amides is 1. The number of carbonyl (C=O) groups excluding carboxylic acids is 1. The number of para-hydroxylation sites is 2. The lowest BCUT2D eigenvalue weighted by molar-refractivity contribution is -0.116. The minimum absolute atomic E-state index is 0.0727. The Morgan fingerprint density at radius 3 is 2.33 bits per heavy atom. The van der Waals surface area contributed by atoms with Gasteiger partial charge in [0.1, 0.15) is 11.0 Å². The number of hydrogen-bond acceptors (Lipinski definition) is 4. The number of nitrogens with one attached hydrogen (secondary N) is 2. The van der Waals surface area contributed by atoms with Gasteiger partial charge in [-0.15, -0.1) is 11.3 Å². The van der Waals surface area contributed by atoms with Crippen molar-refractivity contribution >= 4 is 38.8 Å². The van der Waals surface area contributed by atoms with Gasteiger partial charge in [-0.3, -0.25) is 4.79 Å². The van der Waals surface area contributed by atoms with E-state index in [2.05, 4.69) is 21.7 Å². The summed E-state index contributed by atoms with van der Waals surface area (Å²) in [4.78, 5) is 17.0. The normalized spacial score (nSPS) is 11.9. The van der Waals surface area contributed by atoms with Crippen molar-refractivity contribution in [3.8, 4) is 10.6 Å². The summed E-state index contributed by atoms with van der Waals surface area (Å²) in [5.74, 6) is -0.0727. The van der Waals surface area contributed by atoms with E-state index in [0.717, 1.165) is 27.5 Å². The predicted octanol–water partition coefficient (Wildman–Crippen LogP) is 5.40. The average molecular weight is 373 g/mol. The molecule has 0 bridgehead atoms. The van der Waals surface area contributed by atoms with E-state index in [-0.39, 0.29) is 11.9 Å². The minimum atomic E-state index is -0.349. The highest BCUT2D eigenvalue weighted by molar-refractivity contribution is 7.21. The van der Waals surface area contributed by atoms with E-state index in [1.165, 1.54) is 4.70 Å². The van der Waals surface area contributed by atoms with Crippen molar-refractivity contribution in [3.63, 3.8) is 0 Å². The van der Waals surface area contributed by atoms with Gasteiger partial charge >= 0.3 is 0 Å². The largest absolute Gasteiger partial charge is 0.374 e. The Hall–Kier alpha value is -3.18. The summed E-state index contributed by atoms with van der Waals surface area (Å²) in [6.45, 7) is 1.85. The Labute approximate surface area is 161 Å². The van der Waals surface area contributed by atoms with Crippen LogP contribution in [0.5, 0.6) is 0 Å². The van der Waals surface area contributed by atoms with Crippen LogP contribution in [-0.4, -0.2) is 16.9 Å². The quantitative estimate of drug-likeness (QED) is 0.492. The molecule has 0 fully saturated rings. The maximum atomic E-state index is 12.3. The molecule has 0 aliphatic rings. The van der Waals surface area contributed by atoms with Crippen molar-refractivity contribution in [1.29, 1.82) is 0 Å². The fourth-order valence-electron chi connectivity index (χ4n) is 2.79. The third-order valence-corrected chi connectivity index (χ3v) is 5.33. The predicted molar refractivity (Wildman–Crippen MR) is 113 cm³/mol. The molecule has 1 heterocycles. The number of hydrogen-bond donors (Lipinski definition) is 2. The third kappa shape index (κ3) is 3.99. The molecule has 0 radical (unpaired) electrons. The number of nitrogens with zero attached hydrogens (tertiary/aromatic N) is 1. The van der Waals surface area contributed by atoms with Gasteiger partial charge in [0.15, 0.2) is 0 Å². The first-order valence-electron chi connectivity index (χ1n) is 8.77. The first kappa shape index (κ1) is 17.2. The summed E-state index contributed by atoms with van der Waals surface area (Å²) in [5.41, 5.74) is 3.78. The van der Waals surface area contributed by atoms with E-state index in [1.54, 1.807) is 11.3 Å². The zero-order chi connectivity index (χ0) is 18.6. The molecule has 4 aromatic rings. The molecule has 1 amide bonds. The smallest absolute Gasteiger partial charge is 0.246 e. The van der Waals surface area contributed by atoms with Crippen molar-refractivity contribution in [2.45, 2.75) is 13.0 Å². The summed E-state index contributed by atoms with van der Waals surface area (Å²) in [6, 6.07) is 25.3. The molecule has 3 aromatic carbocycles. The standard InChI is InChI=1S/C22H19N3OS/c1-15(21(26)24-17-7-3-2-4-8-17)23-18-13-11-16(12-14-18)22-25-19-9-5-6-10-20(19)27-22/h2-15,23H,1H3,(H,24,26)/t15-/m1/s1. The van der Waals surface area contributed by atoms with Crippen LogP contribution in [0.2, 0.25) is 0 Å². The molecule has 0 saturated carbocycles. The molecule has 0 aliphatic heterocycles. The molecule has 2 N–H and O–H groups in total. The highest BCUT2D eigenvalue weighted by Crippen LogP contribution is 2.30. The Bertz CT molecular complexity index is 1020. The molecule has 0 spiro atoms. The first-order chi connectivity index (χ1) is 13.2. The Morgan fingerprint density at radius 2 is 1.59 bits per heavy atom. The molecule has 134 valence electrons. The average Bonchev–Trinajstić information content (AvgIpc) is 3.13. The zero-order valence-electron chi connectivity index (χ0n) is 14.8. The summed E-state index contributed by atoms with van der Waals surface area (Å²) in [5, 5.41) is 7.14. The molecule has 27 heavy (non-hydrogen) atoms. The van der Waals surface area contributed by atoms with Crippen molar-refractivity contribution in [2.75, 3.05) is 10.6 Å². The Kier molecular flexibility index (Phi) is 4.85. The topological polar surface area (TPSA) is 54.0 Å². The van der Waals surface area contributed by atoms with Crippen LogP contribution in [-0.2, 0) is 4.79 Å². The fraction of sp³-hybridized carbons (Fsp3) is 0.0909. The number of thiazole rings is 1. The van der Waals surface area contributed by atoms with E-state index < -0.39 is 0 Å². The monoisotopic (exact) mass is 373 g/mol. The van der Waals surface area contributed by atoms with Gasteiger partial charge in [-0.1, -0.05) is 30.3 Å². The minimum Gasteiger partial charge on any atom is -0.374 e. The van der Waals surface area contributed by atoms with Gasteiger partial charge in [0.25, 0.3) is 0 Å². The highest BCUT2D eigenvalue weighted by Gasteiger charge is 2.13. The highest BCUT2D eigenvalue weighted by atomic mass is 32.1. The molecular weight excluding hydrogens is 354 g/mol. The van der Waals surface area contributed by atoms with Crippen LogP contribution < -0.4 is 10.6 Å². The van der Waals surface area contributed by atoms with E-state index in [0.29, 0.717) is 0 Å². The van der Waals surface area contributed by atoms with Crippen LogP contribution in [0.3, 0.4) is 0 Å². The second-order valence-electron chi connectivity index (χ2n) is 6.29. The number of anilines is 2. The van der Waals surface area contributed by atoms with Crippen LogP contribution in [0.1, 0.15) is 6.92 Å². The van der Waals surface area contributed by atoms with E-state index in [9.17, 15) is 4.79 Å². The van der Waals surface area contributed by atoms with Crippen LogP contribution in [0.25, 0.3) is 20.8 Å². The van der Waals surface area contributed by atoms with Crippen molar-refractivity contribution in [1.82, 2.24) is 4.98 Å². The van der Waals surface area contributed by atoms with Gasteiger partial charge in [0, 0.05) is 16.9 Å². The summed E-state index contributed by atoms with van der Waals surface area (Å²) in [7, 11) is 0. The molecule has 1 aromatic heterocycles. The number of aromatic nitrogens is 1. The van der Waals surface area contributed by atoms with Crippen LogP contribution in [0.4, 0.5) is 11.4 Å². The number of benzene rings is 3. The zero-order valence-corrected chi connectivity index (χ0v) is 15.7. The number of rotatable bonds is 5. The van der Waals surface area contributed by atoms with Crippen molar-refractivity contribution < 1.29 is 4.79 Å². The lowest BCUT2D eigenvalue weighted by Crippen LogP contribution is -2.31. The third-order valence-electron chi connectivity index (χ3n) is 4.24. The SMILES string of the molecule is C[C@@H](Nc1ccc(-c2nc3ccccc3s2)cc1)C(=O)Nc1ccccc1.